The van der Waals surface area contributed by atoms with Gasteiger partial charge in [-0.2, -0.15) is 0 Å². The highest BCUT2D eigenvalue weighted by Gasteiger charge is 2.05. The highest BCUT2D eigenvalue weighted by molar-refractivity contribution is 7.20. The Hall–Kier alpha value is 0.200. The number of nitrogens with one attached hydrogen (secondary N) is 1. The molecular formula is C11H18Cl2N2S. The van der Waals surface area contributed by atoms with Crippen LogP contribution in [0, 0.1) is 0 Å². The van der Waals surface area contributed by atoms with E-state index >= 15 is 0 Å². The van der Waals surface area contributed by atoms with Gasteiger partial charge in [-0.15, -0.1) is 11.3 Å². The van der Waals surface area contributed by atoms with Crippen LogP contribution >= 0.6 is 34.5 Å². The second-order valence-corrected chi connectivity index (χ2v) is 5.84. The summed E-state index contributed by atoms with van der Waals surface area (Å²) < 4.78 is 1.55. The van der Waals surface area contributed by atoms with Crippen molar-refractivity contribution in [2.45, 2.75) is 20.4 Å². The largest absolute Gasteiger partial charge is 0.311 e. The lowest BCUT2D eigenvalue weighted by atomic mass is 10.3. The number of rotatable bonds is 7. The minimum absolute atomic E-state index is 0.755. The third-order valence-electron chi connectivity index (χ3n) is 2.54. The second-order valence-electron chi connectivity index (χ2n) is 3.55. The van der Waals surface area contributed by atoms with E-state index in [0.717, 1.165) is 47.0 Å². The predicted molar refractivity (Wildman–Crippen MR) is 73.8 cm³/mol. The maximum Gasteiger partial charge on any atom is 0.0989 e. The van der Waals surface area contributed by atoms with E-state index in [4.69, 9.17) is 23.2 Å². The van der Waals surface area contributed by atoms with Crippen molar-refractivity contribution in [3.63, 3.8) is 0 Å². The fourth-order valence-corrected chi connectivity index (χ4v) is 2.98. The third-order valence-corrected chi connectivity index (χ3v) is 4.11. The van der Waals surface area contributed by atoms with Crippen molar-refractivity contribution in [2.24, 2.45) is 0 Å². The second kappa shape index (κ2) is 7.51. The molecule has 0 bridgehead atoms. The van der Waals surface area contributed by atoms with Crippen LogP contribution in [0.3, 0.4) is 0 Å². The molecule has 5 heteroatoms. The van der Waals surface area contributed by atoms with Crippen LogP contribution in [0.5, 0.6) is 0 Å². The first-order valence-electron chi connectivity index (χ1n) is 5.54. The molecule has 1 aromatic heterocycles. The summed E-state index contributed by atoms with van der Waals surface area (Å²) in [5, 5.41) is 3.38. The Morgan fingerprint density at radius 3 is 2.50 bits per heavy atom. The molecule has 1 heterocycles. The molecule has 1 aromatic rings. The Labute approximate surface area is 112 Å². The summed E-state index contributed by atoms with van der Waals surface area (Å²) in [5.41, 5.74) is 1.09. The average Bonchev–Trinajstić information content (AvgIpc) is 2.58. The Morgan fingerprint density at radius 1 is 1.31 bits per heavy atom. The van der Waals surface area contributed by atoms with Gasteiger partial charge in [-0.25, -0.2) is 0 Å². The first-order valence-corrected chi connectivity index (χ1v) is 7.11. The van der Waals surface area contributed by atoms with E-state index in [1.54, 1.807) is 0 Å². The molecule has 0 aliphatic rings. The lowest BCUT2D eigenvalue weighted by Crippen LogP contribution is -2.31. The van der Waals surface area contributed by atoms with Gasteiger partial charge in [0.25, 0.3) is 0 Å². The van der Waals surface area contributed by atoms with E-state index in [0.29, 0.717) is 0 Å². The average molecular weight is 281 g/mol. The monoisotopic (exact) mass is 280 g/mol. The summed E-state index contributed by atoms with van der Waals surface area (Å²) in [7, 11) is 0. The van der Waals surface area contributed by atoms with E-state index in [9.17, 15) is 0 Å². The van der Waals surface area contributed by atoms with Gasteiger partial charge in [-0.1, -0.05) is 37.0 Å². The molecule has 0 aliphatic carbocycles. The van der Waals surface area contributed by atoms with Crippen LogP contribution in [0.4, 0.5) is 0 Å². The van der Waals surface area contributed by atoms with Crippen molar-refractivity contribution in [2.75, 3.05) is 26.2 Å². The van der Waals surface area contributed by atoms with E-state index in [1.807, 2.05) is 6.07 Å². The van der Waals surface area contributed by atoms with E-state index in [2.05, 4.69) is 24.1 Å². The van der Waals surface area contributed by atoms with Crippen molar-refractivity contribution in [3.8, 4) is 0 Å². The lowest BCUT2D eigenvalue weighted by Gasteiger charge is -2.17. The van der Waals surface area contributed by atoms with Crippen molar-refractivity contribution in [3.05, 3.63) is 20.3 Å². The molecule has 0 radical (unpaired) electrons. The van der Waals surface area contributed by atoms with Crippen LogP contribution in [0.2, 0.25) is 8.67 Å². The number of thiophene rings is 1. The number of likely N-dealkylation sites (N-methyl/N-ethyl adjacent to an activating group) is 1. The first-order chi connectivity index (χ1) is 7.67. The van der Waals surface area contributed by atoms with Crippen molar-refractivity contribution in [1.82, 2.24) is 10.2 Å². The third kappa shape index (κ3) is 4.60. The van der Waals surface area contributed by atoms with Gasteiger partial charge in [0, 0.05) is 19.6 Å². The van der Waals surface area contributed by atoms with Gasteiger partial charge >= 0.3 is 0 Å². The molecule has 0 aromatic carbocycles. The Balaban J connectivity index is 2.23. The molecular weight excluding hydrogens is 263 g/mol. The zero-order valence-electron chi connectivity index (χ0n) is 9.72. The summed E-state index contributed by atoms with van der Waals surface area (Å²) in [4.78, 5) is 2.38. The molecule has 1 rings (SSSR count). The molecule has 0 unspecified atom stereocenters. The van der Waals surface area contributed by atoms with Gasteiger partial charge in [0.05, 0.1) is 8.67 Å². The Bertz CT molecular complexity index is 311. The van der Waals surface area contributed by atoms with Gasteiger partial charge in [0.2, 0.25) is 0 Å². The van der Waals surface area contributed by atoms with Crippen LogP contribution in [0.25, 0.3) is 0 Å². The Morgan fingerprint density at radius 2 is 2.00 bits per heavy atom. The molecule has 0 saturated heterocycles. The van der Waals surface area contributed by atoms with Crippen LogP contribution in [0.15, 0.2) is 6.07 Å². The topological polar surface area (TPSA) is 15.3 Å². The minimum atomic E-state index is 0.755. The SMILES string of the molecule is CCN(CC)CCNCc1cc(Cl)sc1Cl. The van der Waals surface area contributed by atoms with E-state index in [-0.39, 0.29) is 0 Å². The van der Waals surface area contributed by atoms with Gasteiger partial charge < -0.3 is 10.2 Å². The highest BCUT2D eigenvalue weighted by atomic mass is 35.5. The summed E-state index contributed by atoms with van der Waals surface area (Å²) in [6.07, 6.45) is 0. The zero-order chi connectivity index (χ0) is 12.0. The summed E-state index contributed by atoms with van der Waals surface area (Å²) >= 11 is 13.3. The molecule has 92 valence electrons. The van der Waals surface area contributed by atoms with Gasteiger partial charge in [0.15, 0.2) is 0 Å². The van der Waals surface area contributed by atoms with Crippen LogP contribution in [0.1, 0.15) is 19.4 Å². The van der Waals surface area contributed by atoms with E-state index in [1.165, 1.54) is 11.3 Å². The van der Waals surface area contributed by atoms with Crippen molar-refractivity contribution < 1.29 is 0 Å². The molecule has 16 heavy (non-hydrogen) atoms. The fourth-order valence-electron chi connectivity index (χ4n) is 1.49. The first kappa shape index (κ1) is 14.3. The lowest BCUT2D eigenvalue weighted by molar-refractivity contribution is 0.302. The predicted octanol–water partition coefficient (Wildman–Crippen LogP) is 3.49. The number of hydrogen-bond acceptors (Lipinski definition) is 3. The van der Waals surface area contributed by atoms with Gasteiger partial charge in [-0.05, 0) is 24.7 Å². The maximum absolute atomic E-state index is 6.02. The molecule has 0 atom stereocenters. The fraction of sp³-hybridized carbons (Fsp3) is 0.636. The quantitative estimate of drug-likeness (QED) is 0.770. The molecule has 0 saturated carbocycles. The molecule has 0 fully saturated rings. The normalized spacial score (nSPS) is 11.3. The molecule has 0 aliphatic heterocycles. The molecule has 0 spiro atoms. The standard InChI is InChI=1S/C11H18Cl2N2S/c1-3-15(4-2)6-5-14-8-9-7-10(12)16-11(9)13/h7,14H,3-6,8H2,1-2H3. The smallest absolute Gasteiger partial charge is 0.0989 e. The summed E-state index contributed by atoms with van der Waals surface area (Å²) in [5.74, 6) is 0. The Kier molecular flexibility index (Phi) is 6.70. The zero-order valence-corrected chi connectivity index (χ0v) is 12.1. The molecule has 2 nitrogen and oxygen atoms in total. The minimum Gasteiger partial charge on any atom is -0.311 e. The molecule has 0 amide bonds. The van der Waals surface area contributed by atoms with Crippen LogP contribution in [-0.4, -0.2) is 31.1 Å². The van der Waals surface area contributed by atoms with E-state index < -0.39 is 0 Å². The number of halogens is 2. The van der Waals surface area contributed by atoms with Crippen molar-refractivity contribution >= 4 is 34.5 Å². The van der Waals surface area contributed by atoms with Gasteiger partial charge in [0.1, 0.15) is 0 Å². The van der Waals surface area contributed by atoms with Gasteiger partial charge in [-0.3, -0.25) is 0 Å². The summed E-state index contributed by atoms with van der Waals surface area (Å²) in [6.45, 7) is 9.40. The molecule has 1 N–H and O–H groups in total. The summed E-state index contributed by atoms with van der Waals surface area (Å²) in [6, 6.07) is 1.93. The van der Waals surface area contributed by atoms with Crippen LogP contribution in [-0.2, 0) is 6.54 Å². The number of nitrogens with zero attached hydrogens (tertiary/aromatic N) is 1. The van der Waals surface area contributed by atoms with Crippen LogP contribution < -0.4 is 5.32 Å². The number of hydrogen-bond donors (Lipinski definition) is 1. The van der Waals surface area contributed by atoms with Crippen molar-refractivity contribution in [1.29, 1.82) is 0 Å². The maximum atomic E-state index is 6.02. The highest BCUT2D eigenvalue weighted by Crippen LogP contribution is 2.30.